The summed E-state index contributed by atoms with van der Waals surface area (Å²) in [5.74, 6) is 0.887. The lowest BCUT2D eigenvalue weighted by Gasteiger charge is -2.05. The Kier molecular flexibility index (Phi) is 3.06. The zero-order valence-corrected chi connectivity index (χ0v) is 10.0. The predicted molar refractivity (Wildman–Crippen MR) is 64.7 cm³/mol. The van der Waals surface area contributed by atoms with E-state index in [0.29, 0.717) is 0 Å². The van der Waals surface area contributed by atoms with Crippen molar-refractivity contribution in [2.24, 2.45) is 7.05 Å². The molecule has 2 aromatic rings. The van der Waals surface area contributed by atoms with Crippen molar-refractivity contribution >= 4 is 21.9 Å². The van der Waals surface area contributed by atoms with Crippen LogP contribution in [0.1, 0.15) is 5.56 Å². The molecule has 0 atom stereocenters. The third-order valence-electron chi connectivity index (χ3n) is 2.19. The van der Waals surface area contributed by atoms with E-state index in [0.717, 1.165) is 17.0 Å². The summed E-state index contributed by atoms with van der Waals surface area (Å²) in [4.78, 5) is 4.19. The molecule has 0 aliphatic rings. The Hall–Kier alpha value is -1.29. The third-order valence-corrected chi connectivity index (χ3v) is 2.71. The van der Waals surface area contributed by atoms with Crippen LogP contribution in [0.15, 0.2) is 41.1 Å². The van der Waals surface area contributed by atoms with E-state index in [1.54, 1.807) is 6.20 Å². The molecule has 1 aromatic carbocycles. The average molecular weight is 266 g/mol. The van der Waals surface area contributed by atoms with E-state index in [2.05, 4.69) is 38.4 Å². The molecule has 0 bridgehead atoms. The molecule has 2 rings (SSSR count). The van der Waals surface area contributed by atoms with Crippen molar-refractivity contribution in [1.29, 1.82) is 0 Å². The maximum absolute atomic E-state index is 4.19. The Bertz CT molecular complexity index is 433. The quantitative estimate of drug-likeness (QED) is 0.925. The first-order valence-electron chi connectivity index (χ1n) is 4.71. The summed E-state index contributed by atoms with van der Waals surface area (Å²) in [6.07, 6.45) is 3.70. The average Bonchev–Trinajstić information content (AvgIpc) is 2.63. The third kappa shape index (κ3) is 2.59. The summed E-state index contributed by atoms with van der Waals surface area (Å²) in [5, 5.41) is 3.27. The number of imidazole rings is 1. The Morgan fingerprint density at radius 1 is 1.33 bits per heavy atom. The Morgan fingerprint density at radius 3 is 2.67 bits per heavy atom. The minimum absolute atomic E-state index is 0.790. The molecule has 0 radical (unpaired) electrons. The fourth-order valence-corrected chi connectivity index (χ4v) is 1.58. The Morgan fingerprint density at radius 2 is 2.07 bits per heavy atom. The monoisotopic (exact) mass is 265 g/mol. The van der Waals surface area contributed by atoms with Gasteiger partial charge in [0.05, 0.1) is 0 Å². The molecule has 0 spiro atoms. The van der Waals surface area contributed by atoms with Crippen molar-refractivity contribution in [3.8, 4) is 0 Å². The van der Waals surface area contributed by atoms with Gasteiger partial charge in [0.1, 0.15) is 0 Å². The number of benzene rings is 1. The summed E-state index contributed by atoms with van der Waals surface area (Å²) in [6.45, 7) is 0.790. The minimum Gasteiger partial charge on any atom is -0.352 e. The molecule has 0 aliphatic heterocycles. The van der Waals surface area contributed by atoms with Crippen molar-refractivity contribution in [1.82, 2.24) is 9.55 Å². The molecule has 4 heteroatoms. The molecule has 1 heterocycles. The highest BCUT2D eigenvalue weighted by atomic mass is 79.9. The van der Waals surface area contributed by atoms with E-state index in [4.69, 9.17) is 0 Å². The van der Waals surface area contributed by atoms with Gasteiger partial charge < -0.3 is 9.88 Å². The van der Waals surface area contributed by atoms with Gasteiger partial charge in [0.25, 0.3) is 0 Å². The summed E-state index contributed by atoms with van der Waals surface area (Å²) in [7, 11) is 1.97. The largest absolute Gasteiger partial charge is 0.352 e. The van der Waals surface area contributed by atoms with Crippen molar-refractivity contribution in [3.05, 3.63) is 46.7 Å². The van der Waals surface area contributed by atoms with Crippen LogP contribution in [-0.4, -0.2) is 9.55 Å². The number of nitrogens with one attached hydrogen (secondary N) is 1. The van der Waals surface area contributed by atoms with Gasteiger partial charge in [-0.15, -0.1) is 0 Å². The van der Waals surface area contributed by atoms with Crippen LogP contribution in [-0.2, 0) is 13.6 Å². The van der Waals surface area contributed by atoms with Gasteiger partial charge in [-0.1, -0.05) is 28.1 Å². The number of rotatable bonds is 3. The van der Waals surface area contributed by atoms with Gasteiger partial charge in [0.2, 0.25) is 5.95 Å². The van der Waals surface area contributed by atoms with E-state index in [-0.39, 0.29) is 0 Å². The minimum atomic E-state index is 0.790. The molecule has 0 amide bonds. The summed E-state index contributed by atoms with van der Waals surface area (Å²) < 4.78 is 3.06. The number of halogens is 1. The molecular weight excluding hydrogens is 254 g/mol. The highest BCUT2D eigenvalue weighted by molar-refractivity contribution is 9.10. The second-order valence-electron chi connectivity index (χ2n) is 3.34. The van der Waals surface area contributed by atoms with Crippen LogP contribution < -0.4 is 5.32 Å². The van der Waals surface area contributed by atoms with Crippen LogP contribution >= 0.6 is 15.9 Å². The lowest BCUT2D eigenvalue weighted by Crippen LogP contribution is -2.04. The highest BCUT2D eigenvalue weighted by Gasteiger charge is 1.97. The smallest absolute Gasteiger partial charge is 0.202 e. The molecule has 3 nitrogen and oxygen atoms in total. The van der Waals surface area contributed by atoms with E-state index in [1.807, 2.05) is 29.9 Å². The summed E-state index contributed by atoms with van der Waals surface area (Å²) in [5.41, 5.74) is 1.24. The molecule has 0 fully saturated rings. The molecule has 78 valence electrons. The van der Waals surface area contributed by atoms with Crippen LogP contribution in [0, 0.1) is 0 Å². The van der Waals surface area contributed by atoms with Gasteiger partial charge in [0, 0.05) is 30.5 Å². The van der Waals surface area contributed by atoms with Crippen molar-refractivity contribution in [3.63, 3.8) is 0 Å². The molecule has 15 heavy (non-hydrogen) atoms. The van der Waals surface area contributed by atoms with E-state index < -0.39 is 0 Å². The number of hydrogen-bond donors (Lipinski definition) is 1. The van der Waals surface area contributed by atoms with Crippen molar-refractivity contribution in [2.45, 2.75) is 6.54 Å². The standard InChI is InChI=1S/C11H12BrN3/c1-15-7-6-13-11(15)14-8-9-2-4-10(12)5-3-9/h2-7H,8H2,1H3,(H,13,14). The summed E-state index contributed by atoms with van der Waals surface area (Å²) in [6, 6.07) is 8.24. The van der Waals surface area contributed by atoms with Crippen LogP contribution in [0.2, 0.25) is 0 Å². The number of anilines is 1. The SMILES string of the molecule is Cn1ccnc1NCc1ccc(Br)cc1. The fraction of sp³-hybridized carbons (Fsp3) is 0.182. The molecule has 0 unspecified atom stereocenters. The molecule has 0 aliphatic carbocycles. The Balaban J connectivity index is 1.99. The molecular formula is C11H12BrN3. The first kappa shape index (κ1) is 10.2. The maximum atomic E-state index is 4.19. The van der Waals surface area contributed by atoms with Gasteiger partial charge in [-0.25, -0.2) is 4.98 Å². The molecule has 1 aromatic heterocycles. The van der Waals surface area contributed by atoms with Crippen molar-refractivity contribution in [2.75, 3.05) is 5.32 Å². The van der Waals surface area contributed by atoms with Crippen LogP contribution in [0.5, 0.6) is 0 Å². The number of aromatic nitrogens is 2. The van der Waals surface area contributed by atoms with Gasteiger partial charge in [-0.3, -0.25) is 0 Å². The van der Waals surface area contributed by atoms with Crippen LogP contribution in [0.3, 0.4) is 0 Å². The second kappa shape index (κ2) is 4.49. The number of nitrogens with zero attached hydrogens (tertiary/aromatic N) is 2. The molecule has 0 saturated heterocycles. The summed E-state index contributed by atoms with van der Waals surface area (Å²) >= 11 is 3.41. The van der Waals surface area contributed by atoms with E-state index in [1.165, 1.54) is 5.56 Å². The normalized spacial score (nSPS) is 10.3. The fourth-order valence-electron chi connectivity index (χ4n) is 1.32. The highest BCUT2D eigenvalue weighted by Crippen LogP contribution is 2.11. The van der Waals surface area contributed by atoms with Crippen LogP contribution in [0.25, 0.3) is 0 Å². The lowest BCUT2D eigenvalue weighted by molar-refractivity contribution is 0.900. The zero-order chi connectivity index (χ0) is 10.7. The second-order valence-corrected chi connectivity index (χ2v) is 4.26. The van der Waals surface area contributed by atoms with Gasteiger partial charge >= 0.3 is 0 Å². The molecule has 0 saturated carbocycles. The van der Waals surface area contributed by atoms with Crippen LogP contribution in [0.4, 0.5) is 5.95 Å². The predicted octanol–water partition coefficient (Wildman–Crippen LogP) is 2.79. The topological polar surface area (TPSA) is 29.9 Å². The van der Waals surface area contributed by atoms with Crippen molar-refractivity contribution < 1.29 is 0 Å². The number of aryl methyl sites for hydroxylation is 1. The zero-order valence-electron chi connectivity index (χ0n) is 8.44. The Labute approximate surface area is 97.3 Å². The number of hydrogen-bond acceptors (Lipinski definition) is 2. The van der Waals surface area contributed by atoms with E-state index >= 15 is 0 Å². The van der Waals surface area contributed by atoms with Gasteiger partial charge in [-0.2, -0.15) is 0 Å². The molecule has 1 N–H and O–H groups in total. The maximum Gasteiger partial charge on any atom is 0.202 e. The van der Waals surface area contributed by atoms with Gasteiger partial charge in [0.15, 0.2) is 0 Å². The first-order valence-corrected chi connectivity index (χ1v) is 5.50. The first-order chi connectivity index (χ1) is 7.25. The van der Waals surface area contributed by atoms with Gasteiger partial charge in [-0.05, 0) is 17.7 Å². The van der Waals surface area contributed by atoms with E-state index in [9.17, 15) is 0 Å². The lowest BCUT2D eigenvalue weighted by atomic mass is 10.2.